The standard InChI is InChI=1S/C11H9N.C6H5.Au/c1-2-5-10(6-3-1)11-7-4-8-12-9-11;1-2-4-6-5-3-1;/h1-9H;1-5H;. The number of benzene rings is 2. The molecule has 2 aromatic carbocycles. The maximum Gasteiger partial charge on any atom is 0.0346 e. The molecule has 0 atom stereocenters. The molecular weight excluding hydrogens is 415 g/mol. The van der Waals surface area contributed by atoms with Crippen LogP contribution in [0.25, 0.3) is 11.1 Å². The maximum atomic E-state index is 4.06. The van der Waals surface area contributed by atoms with Gasteiger partial charge in [0.05, 0.1) is 0 Å². The Morgan fingerprint density at radius 3 is 1.68 bits per heavy atom. The van der Waals surface area contributed by atoms with Crippen molar-refractivity contribution >= 4 is 3.78 Å². The number of nitrogens with zero attached hydrogens (tertiary/aromatic N) is 1. The van der Waals surface area contributed by atoms with E-state index in [1.165, 1.54) is 9.34 Å². The van der Waals surface area contributed by atoms with E-state index in [0.717, 1.165) is 5.56 Å². The molecule has 0 saturated carbocycles. The average molecular weight is 429 g/mol. The van der Waals surface area contributed by atoms with Crippen LogP contribution in [0.5, 0.6) is 0 Å². The number of aromatic nitrogens is 1. The Morgan fingerprint density at radius 2 is 1.21 bits per heavy atom. The van der Waals surface area contributed by atoms with Gasteiger partial charge >= 0.3 is 55.2 Å². The van der Waals surface area contributed by atoms with Gasteiger partial charge < -0.3 is 0 Å². The van der Waals surface area contributed by atoms with Gasteiger partial charge in [-0.2, -0.15) is 0 Å². The minimum Gasteiger partial charge on any atom is -0.264 e. The third-order valence-electron chi connectivity index (χ3n) is 2.48. The van der Waals surface area contributed by atoms with Crippen LogP contribution in [-0.4, -0.2) is 4.98 Å². The fourth-order valence-electron chi connectivity index (χ4n) is 1.56. The van der Waals surface area contributed by atoms with Crippen molar-refractivity contribution in [3.63, 3.8) is 0 Å². The molecular formula is C17H14AuN. The Hall–Kier alpha value is -1.67. The Bertz CT molecular complexity index is 542. The summed E-state index contributed by atoms with van der Waals surface area (Å²) < 4.78 is 1.27. The predicted octanol–water partition coefficient (Wildman–Crippen LogP) is 3.61. The van der Waals surface area contributed by atoms with E-state index < -0.39 is 0 Å². The summed E-state index contributed by atoms with van der Waals surface area (Å²) in [6.45, 7) is 0. The van der Waals surface area contributed by atoms with Crippen molar-refractivity contribution in [3.8, 4) is 11.1 Å². The van der Waals surface area contributed by atoms with Crippen LogP contribution in [0.4, 0.5) is 0 Å². The number of hydrogen-bond donors (Lipinski definition) is 0. The van der Waals surface area contributed by atoms with Crippen molar-refractivity contribution in [2.75, 3.05) is 0 Å². The van der Waals surface area contributed by atoms with Crippen LogP contribution in [0, 0.1) is 0 Å². The maximum absolute atomic E-state index is 4.06. The van der Waals surface area contributed by atoms with E-state index in [-0.39, 0.29) is 0 Å². The molecule has 0 aliphatic carbocycles. The number of pyridine rings is 1. The summed E-state index contributed by atoms with van der Waals surface area (Å²) in [5.41, 5.74) is 2.38. The van der Waals surface area contributed by atoms with E-state index in [1.54, 1.807) is 6.20 Å². The molecule has 0 bridgehead atoms. The van der Waals surface area contributed by atoms with Crippen LogP contribution in [0.2, 0.25) is 0 Å². The van der Waals surface area contributed by atoms with Gasteiger partial charge in [-0.05, 0) is 17.2 Å². The van der Waals surface area contributed by atoms with Crippen LogP contribution in [0.1, 0.15) is 0 Å². The van der Waals surface area contributed by atoms with E-state index in [9.17, 15) is 0 Å². The zero-order valence-corrected chi connectivity index (χ0v) is 12.5. The van der Waals surface area contributed by atoms with E-state index in [1.807, 2.05) is 48.7 Å². The Balaban J connectivity index is 0.000000163. The van der Waals surface area contributed by atoms with Gasteiger partial charge in [0.2, 0.25) is 0 Å². The average Bonchev–Trinajstić information content (AvgIpc) is 2.51. The molecule has 2 heteroatoms. The predicted molar refractivity (Wildman–Crippen MR) is 75.7 cm³/mol. The quantitative estimate of drug-likeness (QED) is 0.539. The summed E-state index contributed by atoms with van der Waals surface area (Å²) in [5, 5.41) is 0. The number of hydrogen-bond acceptors (Lipinski definition) is 1. The molecule has 0 N–H and O–H groups in total. The second kappa shape index (κ2) is 7.70. The van der Waals surface area contributed by atoms with E-state index in [2.05, 4.69) is 56.4 Å². The van der Waals surface area contributed by atoms with Gasteiger partial charge in [-0.1, -0.05) is 36.4 Å². The summed E-state index contributed by atoms with van der Waals surface area (Å²) in [7, 11) is 0. The fourth-order valence-corrected chi connectivity index (χ4v) is 1.98. The molecule has 0 radical (unpaired) electrons. The van der Waals surface area contributed by atoms with Crippen LogP contribution in [0.15, 0.2) is 85.2 Å². The van der Waals surface area contributed by atoms with Gasteiger partial charge in [-0.3, -0.25) is 4.98 Å². The first-order valence-corrected chi connectivity index (χ1v) is 7.07. The smallest absolute Gasteiger partial charge is 0.0346 e. The molecule has 3 rings (SSSR count). The van der Waals surface area contributed by atoms with E-state index in [0.29, 0.717) is 0 Å². The van der Waals surface area contributed by atoms with Crippen molar-refractivity contribution in [3.05, 3.63) is 85.2 Å². The van der Waals surface area contributed by atoms with Gasteiger partial charge in [0.25, 0.3) is 0 Å². The Morgan fingerprint density at radius 1 is 0.632 bits per heavy atom. The van der Waals surface area contributed by atoms with Gasteiger partial charge in [0.1, 0.15) is 0 Å². The SMILES string of the molecule is [Au][c]1ccccc1.c1ccc(-c2cccnc2)cc1. The molecule has 98 valence electrons. The minimum atomic E-state index is 1.16. The van der Waals surface area contributed by atoms with Gasteiger partial charge in [0.15, 0.2) is 0 Å². The largest absolute Gasteiger partial charge is 0.264 e. The summed E-state index contributed by atoms with van der Waals surface area (Å²) in [5.74, 6) is 0. The number of rotatable bonds is 1. The first-order valence-electron chi connectivity index (χ1n) is 5.98. The van der Waals surface area contributed by atoms with Gasteiger partial charge in [-0.15, -0.1) is 0 Å². The second-order valence-corrected chi connectivity index (χ2v) is 5.11. The third kappa shape index (κ3) is 4.84. The summed E-state index contributed by atoms with van der Waals surface area (Å²) in [4.78, 5) is 4.06. The molecule has 19 heavy (non-hydrogen) atoms. The van der Waals surface area contributed by atoms with E-state index in [4.69, 9.17) is 0 Å². The monoisotopic (exact) mass is 429 g/mol. The Labute approximate surface area is 126 Å². The topological polar surface area (TPSA) is 12.9 Å². The molecule has 1 nitrogen and oxygen atoms in total. The van der Waals surface area contributed by atoms with Crippen LogP contribution < -0.4 is 3.78 Å². The van der Waals surface area contributed by atoms with E-state index >= 15 is 0 Å². The van der Waals surface area contributed by atoms with Crippen molar-refractivity contribution in [1.29, 1.82) is 0 Å². The van der Waals surface area contributed by atoms with Crippen molar-refractivity contribution in [2.45, 2.75) is 0 Å². The van der Waals surface area contributed by atoms with Crippen LogP contribution in [-0.2, 0) is 21.1 Å². The Kier molecular flexibility index (Phi) is 5.57. The van der Waals surface area contributed by atoms with Crippen LogP contribution >= 0.6 is 0 Å². The van der Waals surface area contributed by atoms with Crippen molar-refractivity contribution < 1.29 is 21.1 Å². The molecule has 0 saturated heterocycles. The molecule has 0 amide bonds. The first kappa shape index (κ1) is 13.8. The third-order valence-corrected chi connectivity index (χ3v) is 3.20. The molecule has 1 heterocycles. The molecule has 0 fully saturated rings. The summed E-state index contributed by atoms with van der Waals surface area (Å²) in [6.07, 6.45) is 3.65. The van der Waals surface area contributed by atoms with Crippen molar-refractivity contribution in [2.24, 2.45) is 0 Å². The molecule has 0 unspecified atom stereocenters. The molecule has 0 aliphatic heterocycles. The zero-order chi connectivity index (χ0) is 13.3. The first-order chi connectivity index (χ1) is 9.36. The normalized spacial score (nSPS) is 9.37. The minimum absolute atomic E-state index is 1.16. The summed E-state index contributed by atoms with van der Waals surface area (Å²) in [6, 6.07) is 24.4. The second-order valence-electron chi connectivity index (χ2n) is 3.86. The molecule has 3 aromatic rings. The zero-order valence-electron chi connectivity index (χ0n) is 10.3. The molecule has 0 spiro atoms. The van der Waals surface area contributed by atoms with Gasteiger partial charge in [-0.25, -0.2) is 0 Å². The summed E-state index contributed by atoms with van der Waals surface area (Å²) >= 11 is 2.45. The fraction of sp³-hybridized carbons (Fsp3) is 0. The molecule has 0 aliphatic rings. The van der Waals surface area contributed by atoms with Gasteiger partial charge in [0, 0.05) is 12.4 Å². The van der Waals surface area contributed by atoms with Crippen molar-refractivity contribution in [1.82, 2.24) is 4.98 Å². The molecule has 1 aromatic heterocycles. The van der Waals surface area contributed by atoms with Crippen LogP contribution in [0.3, 0.4) is 0 Å².